The van der Waals surface area contributed by atoms with E-state index in [1.165, 1.54) is 25.0 Å². The van der Waals surface area contributed by atoms with E-state index in [0.29, 0.717) is 11.7 Å². The van der Waals surface area contributed by atoms with Crippen LogP contribution in [0.25, 0.3) is 0 Å². The van der Waals surface area contributed by atoms with Crippen LogP contribution in [0.3, 0.4) is 0 Å². The monoisotopic (exact) mass is 291 g/mol. The van der Waals surface area contributed by atoms with Crippen molar-refractivity contribution in [2.75, 3.05) is 28.7 Å². The van der Waals surface area contributed by atoms with Gasteiger partial charge < -0.3 is 16.4 Å². The summed E-state index contributed by atoms with van der Waals surface area (Å²) in [6.45, 7) is 0.946. The van der Waals surface area contributed by atoms with Crippen LogP contribution in [0.2, 0.25) is 0 Å². The van der Waals surface area contributed by atoms with Crippen molar-refractivity contribution < 1.29 is 4.79 Å². The van der Waals surface area contributed by atoms with Gasteiger partial charge in [-0.25, -0.2) is 0 Å². The van der Waals surface area contributed by atoms with Gasteiger partial charge in [-0.1, -0.05) is 6.42 Å². The number of hydrogen-bond donors (Lipinski definition) is 3. The minimum Gasteiger partial charge on any atom is -0.397 e. The number of nitrogens with one attached hydrogen (secondary N) is 2. The number of aryl methyl sites for hydroxylation is 1. The molecule has 0 bridgehead atoms. The summed E-state index contributed by atoms with van der Waals surface area (Å²) in [6.07, 6.45) is 5.28. The van der Waals surface area contributed by atoms with Gasteiger partial charge >= 0.3 is 0 Å². The Hall–Kier alpha value is -1.36. The second kappa shape index (κ2) is 5.95. The van der Waals surface area contributed by atoms with Gasteiger partial charge in [-0.05, 0) is 42.7 Å². The zero-order valence-corrected chi connectivity index (χ0v) is 12.4. The number of carbonyl (C=O) groups excluding carboxylic acids is 1. The van der Waals surface area contributed by atoms with Crippen molar-refractivity contribution in [2.24, 2.45) is 0 Å². The molecule has 20 heavy (non-hydrogen) atoms. The van der Waals surface area contributed by atoms with Gasteiger partial charge in [0.15, 0.2) is 0 Å². The fourth-order valence-electron chi connectivity index (χ4n) is 2.79. The fourth-order valence-corrected chi connectivity index (χ4v) is 4.03. The summed E-state index contributed by atoms with van der Waals surface area (Å²) in [5.41, 5.74) is 9.88. The maximum absolute atomic E-state index is 11.5. The summed E-state index contributed by atoms with van der Waals surface area (Å²) in [6, 6.07) is 3.97. The number of carbonyl (C=O) groups is 1. The van der Waals surface area contributed by atoms with Crippen LogP contribution in [0.1, 0.15) is 31.2 Å². The van der Waals surface area contributed by atoms with Crippen LogP contribution < -0.4 is 16.4 Å². The predicted molar refractivity (Wildman–Crippen MR) is 86.4 cm³/mol. The molecule has 0 radical (unpaired) electrons. The van der Waals surface area contributed by atoms with Gasteiger partial charge in [0, 0.05) is 23.9 Å². The summed E-state index contributed by atoms with van der Waals surface area (Å²) >= 11 is 2.04. The van der Waals surface area contributed by atoms with Gasteiger partial charge in [-0.2, -0.15) is 11.8 Å². The number of nitrogen functional groups attached to an aromatic ring is 1. The Bertz CT molecular complexity index is 512. The lowest BCUT2D eigenvalue weighted by molar-refractivity contribution is -0.116. The largest absolute Gasteiger partial charge is 0.397 e. The Morgan fingerprint density at radius 1 is 1.35 bits per heavy atom. The van der Waals surface area contributed by atoms with Crippen LogP contribution in [-0.2, 0) is 11.2 Å². The first-order valence-electron chi connectivity index (χ1n) is 7.30. The third kappa shape index (κ3) is 3.03. The first-order valence-corrected chi connectivity index (χ1v) is 8.35. The lowest BCUT2D eigenvalue weighted by atomic mass is 10.0. The molecule has 0 saturated carbocycles. The number of hydrogen-bond acceptors (Lipinski definition) is 4. The molecule has 1 aromatic carbocycles. The number of benzene rings is 1. The van der Waals surface area contributed by atoms with Gasteiger partial charge in [0.1, 0.15) is 0 Å². The van der Waals surface area contributed by atoms with Crippen LogP contribution in [0.5, 0.6) is 0 Å². The zero-order valence-electron chi connectivity index (χ0n) is 11.6. The average Bonchev–Trinajstić information content (AvgIpc) is 2.46. The molecule has 1 fully saturated rings. The Morgan fingerprint density at radius 3 is 3.05 bits per heavy atom. The minimum absolute atomic E-state index is 0.0936. The molecular formula is C15H21N3OS. The molecule has 2 heterocycles. The van der Waals surface area contributed by atoms with E-state index in [-0.39, 0.29) is 5.91 Å². The summed E-state index contributed by atoms with van der Waals surface area (Å²) in [4.78, 5) is 11.5. The van der Waals surface area contributed by atoms with E-state index in [0.717, 1.165) is 35.6 Å². The van der Waals surface area contributed by atoms with Crippen LogP contribution in [0.15, 0.2) is 12.1 Å². The number of thioether (sulfide) groups is 1. The molecule has 4 N–H and O–H groups in total. The molecule has 1 unspecified atom stereocenters. The van der Waals surface area contributed by atoms with Gasteiger partial charge in [-0.15, -0.1) is 0 Å². The number of anilines is 3. The van der Waals surface area contributed by atoms with E-state index in [4.69, 9.17) is 5.73 Å². The van der Waals surface area contributed by atoms with E-state index < -0.39 is 0 Å². The highest BCUT2D eigenvalue weighted by Crippen LogP contribution is 2.32. The van der Waals surface area contributed by atoms with Crippen LogP contribution in [0.4, 0.5) is 17.1 Å². The van der Waals surface area contributed by atoms with Gasteiger partial charge in [-0.3, -0.25) is 4.79 Å². The summed E-state index contributed by atoms with van der Waals surface area (Å²) in [5.74, 6) is 1.36. The topological polar surface area (TPSA) is 67.2 Å². The standard InChI is InChI=1S/C15H21N3OS/c16-12-7-10-4-5-15(19)18-13(10)8-14(12)17-9-11-3-1-2-6-20-11/h7-8,11,17H,1-6,9,16H2,(H,18,19). The highest BCUT2D eigenvalue weighted by atomic mass is 32.2. The second-order valence-electron chi connectivity index (χ2n) is 5.51. The Balaban J connectivity index is 1.69. The molecule has 108 valence electrons. The van der Waals surface area contributed by atoms with E-state index in [1.54, 1.807) is 0 Å². The third-order valence-corrected chi connectivity index (χ3v) is 5.36. The molecule has 1 amide bonds. The number of fused-ring (bicyclic) bond motifs is 1. The lowest BCUT2D eigenvalue weighted by Crippen LogP contribution is -2.22. The molecule has 0 aromatic heterocycles. The second-order valence-corrected chi connectivity index (χ2v) is 6.92. The Morgan fingerprint density at radius 2 is 2.25 bits per heavy atom. The Labute approximate surface area is 123 Å². The molecule has 2 aliphatic heterocycles. The van der Waals surface area contributed by atoms with Gasteiger partial charge in [0.25, 0.3) is 0 Å². The van der Waals surface area contributed by atoms with Gasteiger partial charge in [0.2, 0.25) is 5.91 Å². The highest BCUT2D eigenvalue weighted by Gasteiger charge is 2.18. The smallest absolute Gasteiger partial charge is 0.224 e. The molecule has 1 atom stereocenters. The van der Waals surface area contributed by atoms with Crippen LogP contribution in [0, 0.1) is 0 Å². The van der Waals surface area contributed by atoms with Crippen molar-refractivity contribution in [1.82, 2.24) is 0 Å². The predicted octanol–water partition coefficient (Wildman–Crippen LogP) is 2.85. The highest BCUT2D eigenvalue weighted by molar-refractivity contribution is 7.99. The molecular weight excluding hydrogens is 270 g/mol. The normalized spacial score (nSPS) is 22.0. The minimum atomic E-state index is 0.0936. The molecule has 0 spiro atoms. The van der Waals surface area contributed by atoms with Crippen molar-refractivity contribution in [2.45, 2.75) is 37.4 Å². The van der Waals surface area contributed by atoms with Crippen LogP contribution in [-0.4, -0.2) is 23.5 Å². The maximum Gasteiger partial charge on any atom is 0.224 e. The van der Waals surface area contributed by atoms with E-state index >= 15 is 0 Å². The molecule has 4 nitrogen and oxygen atoms in total. The maximum atomic E-state index is 11.5. The third-order valence-electron chi connectivity index (χ3n) is 3.97. The van der Waals surface area contributed by atoms with Crippen molar-refractivity contribution in [1.29, 1.82) is 0 Å². The molecule has 1 saturated heterocycles. The Kier molecular flexibility index (Phi) is 4.05. The summed E-state index contributed by atoms with van der Waals surface area (Å²) < 4.78 is 0. The number of rotatable bonds is 3. The van der Waals surface area contributed by atoms with Crippen molar-refractivity contribution in [3.63, 3.8) is 0 Å². The molecule has 3 rings (SSSR count). The zero-order chi connectivity index (χ0) is 13.9. The summed E-state index contributed by atoms with van der Waals surface area (Å²) in [5, 5.41) is 7.05. The first kappa shape index (κ1) is 13.6. The number of nitrogens with two attached hydrogens (primary N) is 1. The van der Waals surface area contributed by atoms with E-state index in [9.17, 15) is 4.79 Å². The summed E-state index contributed by atoms with van der Waals surface area (Å²) in [7, 11) is 0. The fraction of sp³-hybridized carbons (Fsp3) is 0.533. The molecule has 1 aromatic rings. The molecule has 0 aliphatic carbocycles. The SMILES string of the molecule is Nc1cc2c(cc1NCC1CCCCS1)NC(=O)CC2. The van der Waals surface area contributed by atoms with Crippen molar-refractivity contribution >= 4 is 34.7 Å². The lowest BCUT2D eigenvalue weighted by Gasteiger charge is -2.24. The quantitative estimate of drug-likeness (QED) is 0.749. The molecule has 2 aliphatic rings. The van der Waals surface area contributed by atoms with E-state index in [1.807, 2.05) is 23.9 Å². The van der Waals surface area contributed by atoms with Crippen LogP contribution >= 0.6 is 11.8 Å². The first-order chi connectivity index (χ1) is 9.72. The number of amides is 1. The van der Waals surface area contributed by atoms with Crippen molar-refractivity contribution in [3.05, 3.63) is 17.7 Å². The van der Waals surface area contributed by atoms with Gasteiger partial charge in [0.05, 0.1) is 11.4 Å². The van der Waals surface area contributed by atoms with Crippen molar-refractivity contribution in [3.8, 4) is 0 Å². The average molecular weight is 291 g/mol. The van der Waals surface area contributed by atoms with E-state index in [2.05, 4.69) is 10.6 Å². The molecule has 5 heteroatoms.